The number of thioether (sulfide) groups is 1. The molecule has 2 N–H and O–H groups in total. The molecule has 0 aliphatic carbocycles. The number of carbonyl (C=O) groups excluding carboxylic acids is 2. The van der Waals surface area contributed by atoms with Gasteiger partial charge >= 0.3 is 0 Å². The Kier molecular flexibility index (Phi) is 5.62. The molecule has 4 rings (SSSR count). The number of carbonyl (C=O) groups is 2. The second kappa shape index (κ2) is 8.48. The van der Waals surface area contributed by atoms with Gasteiger partial charge in [-0.1, -0.05) is 41.6 Å². The van der Waals surface area contributed by atoms with E-state index in [0.717, 1.165) is 24.2 Å². The highest BCUT2D eigenvalue weighted by atomic mass is 32.2. The van der Waals surface area contributed by atoms with Crippen LogP contribution in [-0.2, 0) is 9.59 Å². The van der Waals surface area contributed by atoms with Gasteiger partial charge in [0.1, 0.15) is 0 Å². The van der Waals surface area contributed by atoms with E-state index in [4.69, 9.17) is 0 Å². The molecule has 3 aromatic rings. The molecule has 29 heavy (non-hydrogen) atoms. The summed E-state index contributed by atoms with van der Waals surface area (Å²) in [6.45, 7) is 2.78. The number of benzene rings is 2. The minimum Gasteiger partial charge on any atom is -0.325 e. The highest BCUT2D eigenvalue weighted by Crippen LogP contribution is 2.24. The molecule has 0 bridgehead atoms. The molecular weight excluding hydrogens is 386 g/mol. The van der Waals surface area contributed by atoms with Crippen LogP contribution in [-0.4, -0.2) is 39.3 Å². The Morgan fingerprint density at radius 2 is 1.93 bits per heavy atom. The Morgan fingerprint density at radius 3 is 2.62 bits per heavy atom. The Labute approximate surface area is 172 Å². The summed E-state index contributed by atoms with van der Waals surface area (Å²) in [6.07, 6.45) is 1.49. The summed E-state index contributed by atoms with van der Waals surface area (Å²) >= 11 is 1.27. The molecule has 148 valence electrons. The van der Waals surface area contributed by atoms with Crippen molar-refractivity contribution < 1.29 is 9.59 Å². The summed E-state index contributed by atoms with van der Waals surface area (Å²) < 4.78 is 0. The van der Waals surface area contributed by atoms with Crippen molar-refractivity contribution in [3.63, 3.8) is 0 Å². The van der Waals surface area contributed by atoms with Crippen LogP contribution in [0.15, 0.2) is 53.7 Å². The Hall–Kier alpha value is -3.13. The number of hydrogen-bond donors (Lipinski definition) is 2. The Bertz CT molecular complexity index is 1010. The fourth-order valence-electron chi connectivity index (χ4n) is 3.12. The number of anilines is 2. The van der Waals surface area contributed by atoms with Crippen LogP contribution in [0.3, 0.4) is 0 Å². The first kappa shape index (κ1) is 19.2. The number of aryl methyl sites for hydroxylation is 1. The van der Waals surface area contributed by atoms with Gasteiger partial charge in [-0.15, -0.1) is 5.10 Å². The molecule has 7 nitrogen and oxygen atoms in total. The van der Waals surface area contributed by atoms with Gasteiger partial charge in [-0.25, -0.2) is 4.98 Å². The first-order valence-corrected chi connectivity index (χ1v) is 10.4. The molecule has 2 amide bonds. The lowest BCUT2D eigenvalue weighted by Gasteiger charge is -2.16. The van der Waals surface area contributed by atoms with Crippen LogP contribution in [0.4, 0.5) is 11.4 Å². The van der Waals surface area contributed by atoms with Crippen LogP contribution in [0, 0.1) is 6.92 Å². The number of aromatic nitrogens is 3. The summed E-state index contributed by atoms with van der Waals surface area (Å²) in [5.41, 5.74) is 3.70. The van der Waals surface area contributed by atoms with Crippen molar-refractivity contribution in [1.29, 1.82) is 0 Å². The minimum absolute atomic E-state index is 0.137. The van der Waals surface area contributed by atoms with Gasteiger partial charge in [0.15, 0.2) is 5.82 Å². The van der Waals surface area contributed by atoms with Crippen molar-refractivity contribution >= 4 is 35.0 Å². The monoisotopic (exact) mass is 407 g/mol. The van der Waals surface area contributed by atoms with Crippen molar-refractivity contribution in [2.75, 3.05) is 22.5 Å². The number of H-pyrrole nitrogens is 1. The molecule has 2 aromatic carbocycles. The molecule has 0 atom stereocenters. The van der Waals surface area contributed by atoms with E-state index >= 15 is 0 Å². The second-order valence-electron chi connectivity index (χ2n) is 6.87. The lowest BCUT2D eigenvalue weighted by Crippen LogP contribution is -2.23. The van der Waals surface area contributed by atoms with Gasteiger partial charge in [0, 0.05) is 29.9 Å². The standard InChI is InChI=1S/C21H21N5O2S/c1-14-4-6-15(7-5-14)20-23-21(25-24-20)29-13-18(27)22-16-8-10-17(11-9-16)26-12-2-3-19(26)28/h4-11H,2-3,12-13H2,1H3,(H,22,27)(H,23,24,25). The molecule has 0 spiro atoms. The van der Waals surface area contributed by atoms with Crippen LogP contribution in [0.2, 0.25) is 0 Å². The van der Waals surface area contributed by atoms with E-state index in [1.165, 1.54) is 17.3 Å². The maximum atomic E-state index is 12.2. The van der Waals surface area contributed by atoms with Crippen molar-refractivity contribution in [3.05, 3.63) is 54.1 Å². The molecular formula is C21H21N5O2S. The lowest BCUT2D eigenvalue weighted by molar-refractivity contribution is -0.117. The van der Waals surface area contributed by atoms with E-state index in [0.29, 0.717) is 23.1 Å². The third-order valence-corrected chi connectivity index (χ3v) is 5.51. The van der Waals surface area contributed by atoms with E-state index in [1.807, 2.05) is 55.5 Å². The summed E-state index contributed by atoms with van der Waals surface area (Å²) in [4.78, 5) is 30.2. The van der Waals surface area contributed by atoms with Gasteiger partial charge in [-0.2, -0.15) is 0 Å². The first-order chi connectivity index (χ1) is 14.1. The first-order valence-electron chi connectivity index (χ1n) is 9.41. The van der Waals surface area contributed by atoms with Crippen molar-refractivity contribution in [3.8, 4) is 11.4 Å². The predicted octanol–water partition coefficient (Wildman–Crippen LogP) is 3.64. The number of hydrogen-bond acceptors (Lipinski definition) is 5. The largest absolute Gasteiger partial charge is 0.325 e. The van der Waals surface area contributed by atoms with E-state index in [-0.39, 0.29) is 17.6 Å². The average Bonchev–Trinajstić information content (AvgIpc) is 3.37. The topological polar surface area (TPSA) is 91.0 Å². The molecule has 8 heteroatoms. The third-order valence-electron chi connectivity index (χ3n) is 4.66. The minimum atomic E-state index is -0.137. The van der Waals surface area contributed by atoms with E-state index < -0.39 is 0 Å². The smallest absolute Gasteiger partial charge is 0.234 e. The fourth-order valence-corrected chi connectivity index (χ4v) is 3.72. The number of rotatable bonds is 6. The van der Waals surface area contributed by atoms with Crippen LogP contribution >= 0.6 is 11.8 Å². The lowest BCUT2D eigenvalue weighted by atomic mass is 10.1. The molecule has 0 radical (unpaired) electrons. The normalized spacial score (nSPS) is 13.7. The third kappa shape index (κ3) is 4.65. The molecule has 1 aromatic heterocycles. The zero-order valence-electron chi connectivity index (χ0n) is 16.0. The maximum Gasteiger partial charge on any atom is 0.234 e. The summed E-state index contributed by atoms with van der Waals surface area (Å²) in [5.74, 6) is 0.897. The second-order valence-corrected chi connectivity index (χ2v) is 7.81. The predicted molar refractivity (Wildman–Crippen MR) is 114 cm³/mol. The summed E-state index contributed by atoms with van der Waals surface area (Å²) in [5, 5.41) is 10.5. The Morgan fingerprint density at radius 1 is 1.17 bits per heavy atom. The van der Waals surface area contributed by atoms with Gasteiger partial charge < -0.3 is 10.2 Å². The highest BCUT2D eigenvalue weighted by Gasteiger charge is 2.21. The summed E-state index contributed by atoms with van der Waals surface area (Å²) in [7, 11) is 0. The molecule has 1 fully saturated rings. The van der Waals surface area contributed by atoms with Gasteiger partial charge in [-0.3, -0.25) is 14.7 Å². The molecule has 2 heterocycles. The van der Waals surface area contributed by atoms with Crippen LogP contribution in [0.1, 0.15) is 18.4 Å². The van der Waals surface area contributed by atoms with E-state index in [2.05, 4.69) is 20.5 Å². The van der Waals surface area contributed by atoms with Crippen LogP contribution in [0.25, 0.3) is 11.4 Å². The van der Waals surface area contributed by atoms with Crippen molar-refractivity contribution in [2.24, 2.45) is 0 Å². The molecule has 0 saturated carbocycles. The molecule has 1 saturated heterocycles. The van der Waals surface area contributed by atoms with Crippen LogP contribution < -0.4 is 10.2 Å². The number of nitrogens with zero attached hydrogens (tertiary/aromatic N) is 3. The summed E-state index contributed by atoms with van der Waals surface area (Å²) in [6, 6.07) is 15.3. The quantitative estimate of drug-likeness (QED) is 0.609. The van der Waals surface area contributed by atoms with E-state index in [1.54, 1.807) is 4.90 Å². The van der Waals surface area contributed by atoms with Gasteiger partial charge in [0.05, 0.1) is 5.75 Å². The van der Waals surface area contributed by atoms with Crippen molar-refractivity contribution in [2.45, 2.75) is 24.9 Å². The SMILES string of the molecule is Cc1ccc(-c2nc(SCC(=O)Nc3ccc(N4CCCC4=O)cc3)n[nH]2)cc1. The van der Waals surface area contributed by atoms with Gasteiger partial charge in [0.25, 0.3) is 0 Å². The molecule has 0 unspecified atom stereocenters. The molecule has 1 aliphatic heterocycles. The highest BCUT2D eigenvalue weighted by molar-refractivity contribution is 7.99. The maximum absolute atomic E-state index is 12.2. The zero-order valence-corrected chi connectivity index (χ0v) is 16.8. The number of amides is 2. The number of aromatic amines is 1. The van der Waals surface area contributed by atoms with Gasteiger partial charge in [0.2, 0.25) is 17.0 Å². The van der Waals surface area contributed by atoms with Gasteiger partial charge in [-0.05, 0) is 37.6 Å². The number of nitrogens with one attached hydrogen (secondary N) is 2. The van der Waals surface area contributed by atoms with E-state index in [9.17, 15) is 9.59 Å². The fraction of sp³-hybridized carbons (Fsp3) is 0.238. The Balaban J connectivity index is 1.30. The average molecular weight is 407 g/mol. The van der Waals surface area contributed by atoms with Crippen molar-refractivity contribution in [1.82, 2.24) is 15.2 Å². The van der Waals surface area contributed by atoms with Crippen LogP contribution in [0.5, 0.6) is 0 Å². The zero-order chi connectivity index (χ0) is 20.2. The molecule has 1 aliphatic rings.